The number of aryl methyl sites for hydroxylation is 3. The van der Waals surface area contributed by atoms with Gasteiger partial charge in [-0.15, -0.1) is 0 Å². The van der Waals surface area contributed by atoms with Gasteiger partial charge in [-0.25, -0.2) is 26.1 Å². The van der Waals surface area contributed by atoms with Crippen molar-refractivity contribution in [3.8, 4) is 0 Å². The molecule has 1 aliphatic heterocycles. The van der Waals surface area contributed by atoms with E-state index in [0.717, 1.165) is 11.1 Å². The highest BCUT2D eigenvalue weighted by atomic mass is 32.2. The number of hydrogen-bond acceptors (Lipinski definition) is 5. The van der Waals surface area contributed by atoms with Gasteiger partial charge in [0.2, 0.25) is 10.0 Å². The Hall–Kier alpha value is -1.75. The molecule has 2 aromatic rings. The van der Waals surface area contributed by atoms with E-state index in [2.05, 4.69) is 4.98 Å². The average molecular weight is 427 g/mol. The molecule has 1 aliphatic rings. The Morgan fingerprint density at radius 3 is 2.14 bits per heavy atom. The summed E-state index contributed by atoms with van der Waals surface area (Å²) in [6.07, 6.45) is 1.93. The Morgan fingerprint density at radius 2 is 1.54 bits per heavy atom. The normalized spacial score (nSPS) is 17.5. The Balaban J connectivity index is 1.72. The predicted octanol–water partition coefficient (Wildman–Crippen LogP) is 1.26. The first kappa shape index (κ1) is 21.0. The van der Waals surface area contributed by atoms with Crippen molar-refractivity contribution in [2.24, 2.45) is 7.05 Å². The van der Waals surface area contributed by atoms with E-state index >= 15 is 0 Å². The van der Waals surface area contributed by atoms with Crippen molar-refractivity contribution in [3.63, 3.8) is 0 Å². The summed E-state index contributed by atoms with van der Waals surface area (Å²) in [5.41, 5.74) is 1.80. The molecule has 3 rings (SSSR count). The lowest BCUT2D eigenvalue weighted by Crippen LogP contribution is -2.37. The van der Waals surface area contributed by atoms with E-state index < -0.39 is 20.0 Å². The molecule has 0 atom stereocenters. The van der Waals surface area contributed by atoms with E-state index in [0.29, 0.717) is 18.8 Å². The van der Waals surface area contributed by atoms with Crippen molar-refractivity contribution in [2.45, 2.75) is 31.0 Å². The van der Waals surface area contributed by atoms with E-state index in [1.165, 1.54) is 14.8 Å². The highest BCUT2D eigenvalue weighted by Crippen LogP contribution is 2.19. The van der Waals surface area contributed by atoms with Crippen LogP contribution in [0.3, 0.4) is 0 Å². The molecule has 0 spiro atoms. The molecule has 10 heteroatoms. The standard InChI is InChI=1S/C18H26N4O4S2/c1-15-5-7-17(8-6-15)14-27(23,24)21-9-4-10-22(12-11-21)28(25,26)18-13-20(3)16(2)19-18/h5-8,13H,4,9-12,14H2,1-3H3. The van der Waals surface area contributed by atoms with E-state index in [1.54, 1.807) is 18.5 Å². The van der Waals surface area contributed by atoms with Crippen LogP contribution < -0.4 is 0 Å². The van der Waals surface area contributed by atoms with Crippen LogP contribution in [0.25, 0.3) is 0 Å². The molecule has 0 saturated carbocycles. The summed E-state index contributed by atoms with van der Waals surface area (Å²) in [4.78, 5) is 4.12. The molecule has 0 aliphatic carbocycles. The van der Waals surface area contributed by atoms with Crippen LogP contribution in [0, 0.1) is 13.8 Å². The van der Waals surface area contributed by atoms with Crippen LogP contribution in [-0.2, 0) is 32.8 Å². The van der Waals surface area contributed by atoms with Gasteiger partial charge in [0.25, 0.3) is 10.0 Å². The molecule has 1 aromatic heterocycles. The zero-order chi connectivity index (χ0) is 20.5. The minimum atomic E-state index is -3.74. The molecule has 2 heterocycles. The van der Waals surface area contributed by atoms with Crippen LogP contribution in [0.5, 0.6) is 0 Å². The Morgan fingerprint density at radius 1 is 0.929 bits per heavy atom. The van der Waals surface area contributed by atoms with Crippen molar-refractivity contribution in [1.82, 2.24) is 18.2 Å². The summed E-state index contributed by atoms with van der Waals surface area (Å²) in [5.74, 6) is 0.523. The number of rotatable bonds is 5. The number of imidazole rings is 1. The average Bonchev–Trinajstić information content (AvgIpc) is 2.84. The molecule has 1 fully saturated rings. The van der Waals surface area contributed by atoms with Gasteiger partial charge in [0.05, 0.1) is 5.75 Å². The molecule has 1 saturated heterocycles. The lowest BCUT2D eigenvalue weighted by atomic mass is 10.2. The largest absolute Gasteiger partial charge is 0.337 e. The molecular formula is C18H26N4O4S2. The Labute approximate surface area is 166 Å². The Kier molecular flexibility index (Phi) is 5.95. The third-order valence-electron chi connectivity index (χ3n) is 4.97. The second kappa shape index (κ2) is 7.94. The minimum Gasteiger partial charge on any atom is -0.337 e. The summed E-state index contributed by atoms with van der Waals surface area (Å²) in [7, 11) is -5.52. The van der Waals surface area contributed by atoms with Gasteiger partial charge in [-0.3, -0.25) is 0 Å². The fourth-order valence-electron chi connectivity index (χ4n) is 3.16. The zero-order valence-corrected chi connectivity index (χ0v) is 18.0. The summed E-state index contributed by atoms with van der Waals surface area (Å²) in [6.45, 7) is 4.52. The highest BCUT2D eigenvalue weighted by molar-refractivity contribution is 7.89. The van der Waals surface area contributed by atoms with Gasteiger partial charge in [0.15, 0.2) is 5.03 Å². The molecule has 8 nitrogen and oxygen atoms in total. The van der Waals surface area contributed by atoms with Gasteiger partial charge in [0, 0.05) is 39.4 Å². The van der Waals surface area contributed by atoms with Crippen molar-refractivity contribution in [1.29, 1.82) is 0 Å². The third-order valence-corrected chi connectivity index (χ3v) is 8.59. The molecule has 0 amide bonds. The SMILES string of the molecule is Cc1ccc(CS(=O)(=O)N2CCCN(S(=O)(=O)c3cn(C)c(C)n3)CC2)cc1. The van der Waals surface area contributed by atoms with E-state index in [9.17, 15) is 16.8 Å². The minimum absolute atomic E-state index is 0.00321. The van der Waals surface area contributed by atoms with E-state index in [4.69, 9.17) is 0 Å². The van der Waals surface area contributed by atoms with Gasteiger partial charge < -0.3 is 4.57 Å². The zero-order valence-electron chi connectivity index (χ0n) is 16.4. The monoisotopic (exact) mass is 426 g/mol. The number of hydrogen-bond donors (Lipinski definition) is 0. The number of sulfonamides is 2. The van der Waals surface area contributed by atoms with Gasteiger partial charge in [-0.1, -0.05) is 29.8 Å². The predicted molar refractivity (Wildman–Crippen MR) is 107 cm³/mol. The van der Waals surface area contributed by atoms with Crippen LogP contribution >= 0.6 is 0 Å². The summed E-state index contributed by atoms with van der Waals surface area (Å²) in [5, 5.41) is 0.00321. The van der Waals surface area contributed by atoms with Crippen molar-refractivity contribution in [2.75, 3.05) is 26.2 Å². The van der Waals surface area contributed by atoms with Gasteiger partial charge >= 0.3 is 0 Å². The topological polar surface area (TPSA) is 92.6 Å². The fraction of sp³-hybridized carbons (Fsp3) is 0.500. The molecule has 0 unspecified atom stereocenters. The van der Waals surface area contributed by atoms with Crippen LogP contribution in [0.1, 0.15) is 23.4 Å². The summed E-state index contributed by atoms with van der Waals surface area (Å²) in [6, 6.07) is 7.39. The number of benzene rings is 1. The molecule has 154 valence electrons. The molecule has 28 heavy (non-hydrogen) atoms. The smallest absolute Gasteiger partial charge is 0.262 e. The lowest BCUT2D eigenvalue weighted by Gasteiger charge is -2.21. The van der Waals surface area contributed by atoms with Gasteiger partial charge in [-0.05, 0) is 25.8 Å². The molecular weight excluding hydrogens is 400 g/mol. The van der Waals surface area contributed by atoms with Crippen molar-refractivity contribution in [3.05, 3.63) is 47.4 Å². The number of aromatic nitrogens is 2. The maximum Gasteiger partial charge on any atom is 0.262 e. The highest BCUT2D eigenvalue weighted by Gasteiger charge is 2.32. The van der Waals surface area contributed by atoms with Crippen LogP contribution in [0.4, 0.5) is 0 Å². The third kappa shape index (κ3) is 4.45. The van der Waals surface area contributed by atoms with Gasteiger partial charge in [0.1, 0.15) is 5.82 Å². The summed E-state index contributed by atoms with van der Waals surface area (Å²) < 4.78 is 55.7. The van der Waals surface area contributed by atoms with Crippen LogP contribution in [0.2, 0.25) is 0 Å². The van der Waals surface area contributed by atoms with Crippen LogP contribution in [-0.4, -0.2) is 61.2 Å². The quantitative estimate of drug-likeness (QED) is 0.718. The molecule has 0 N–H and O–H groups in total. The van der Waals surface area contributed by atoms with E-state index in [-0.39, 0.29) is 30.4 Å². The second-order valence-electron chi connectivity index (χ2n) is 7.14. The second-order valence-corrected chi connectivity index (χ2v) is 11.0. The maximum absolute atomic E-state index is 12.9. The van der Waals surface area contributed by atoms with Crippen molar-refractivity contribution >= 4 is 20.0 Å². The Bertz CT molecular complexity index is 1020. The summed E-state index contributed by atoms with van der Waals surface area (Å²) >= 11 is 0. The first-order valence-electron chi connectivity index (χ1n) is 9.13. The fourth-order valence-corrected chi connectivity index (χ4v) is 6.22. The van der Waals surface area contributed by atoms with E-state index in [1.807, 2.05) is 31.2 Å². The van der Waals surface area contributed by atoms with Crippen molar-refractivity contribution < 1.29 is 16.8 Å². The van der Waals surface area contributed by atoms with Gasteiger partial charge in [-0.2, -0.15) is 4.31 Å². The maximum atomic E-state index is 12.9. The first-order valence-corrected chi connectivity index (χ1v) is 12.2. The lowest BCUT2D eigenvalue weighted by molar-refractivity contribution is 0.403. The van der Waals surface area contributed by atoms with Crippen LogP contribution in [0.15, 0.2) is 35.5 Å². The molecule has 0 radical (unpaired) electrons. The molecule has 1 aromatic carbocycles. The first-order chi connectivity index (χ1) is 13.1. The number of nitrogens with zero attached hydrogens (tertiary/aromatic N) is 4. The molecule has 0 bridgehead atoms.